The highest BCUT2D eigenvalue weighted by Crippen LogP contribution is 2.56. The van der Waals surface area contributed by atoms with E-state index in [0.29, 0.717) is 12.8 Å². The van der Waals surface area contributed by atoms with E-state index in [-0.39, 0.29) is 50.3 Å². The molecule has 1 amide bonds. The number of hydrogen-bond acceptors (Lipinski definition) is 15. The van der Waals surface area contributed by atoms with Crippen molar-refractivity contribution in [2.75, 3.05) is 33.9 Å². The molecule has 4 aliphatic rings. The van der Waals surface area contributed by atoms with E-state index in [1.54, 1.807) is 39.5 Å². The van der Waals surface area contributed by atoms with Crippen LogP contribution in [0.5, 0.6) is 0 Å². The zero-order chi connectivity index (χ0) is 59.0. The smallest absolute Gasteiger partial charge is 0.458 e. The van der Waals surface area contributed by atoms with Crippen LogP contribution < -0.4 is 15.9 Å². The van der Waals surface area contributed by atoms with Crippen LogP contribution in [0.4, 0.5) is 4.79 Å². The number of cyclic esters (lactones) is 1. The summed E-state index contributed by atoms with van der Waals surface area (Å²) in [6, 6.07) is 31.6. The normalized spacial score (nSPS) is 36.4. The molecule has 0 aliphatic carbocycles. The molecule has 81 heavy (non-hydrogen) atoms. The Hall–Kier alpha value is -4.06. The second-order valence-corrected chi connectivity index (χ2v) is 28.3. The van der Waals surface area contributed by atoms with Gasteiger partial charge in [-0.3, -0.25) is 9.59 Å². The van der Waals surface area contributed by atoms with Crippen molar-refractivity contribution >= 4 is 41.2 Å². The maximum Gasteiger partial charge on any atom is 0.509 e. The average Bonchev–Trinajstić information content (AvgIpc) is 3.78. The molecule has 3 N–H and O–H groups in total. The summed E-state index contributed by atoms with van der Waals surface area (Å²) < 4.78 is 50.8. The first-order chi connectivity index (χ1) is 38.4. The molecular weight excluding hydrogens is 1050 g/mol. The minimum atomic E-state index is -1.98. The highest BCUT2D eigenvalue weighted by atomic mass is 31.2. The Morgan fingerprint density at radius 3 is 1.90 bits per heavy atom. The minimum absolute atomic E-state index is 0.0827. The third-order valence-electron chi connectivity index (χ3n) is 18.2. The van der Waals surface area contributed by atoms with Crippen LogP contribution in [-0.2, 0) is 47.5 Å². The van der Waals surface area contributed by atoms with Gasteiger partial charge in [-0.15, -0.1) is 0 Å². The Balaban J connectivity index is 1.16. The van der Waals surface area contributed by atoms with Crippen LogP contribution in [0.2, 0.25) is 0 Å². The Morgan fingerprint density at radius 2 is 1.35 bits per heavy atom. The minimum Gasteiger partial charge on any atom is -0.458 e. The Bertz CT molecular complexity index is 2380. The van der Waals surface area contributed by atoms with Gasteiger partial charge in [-0.05, 0) is 143 Å². The quantitative estimate of drug-likeness (QED) is 0.0625. The molecule has 17 heteroatoms. The Morgan fingerprint density at radius 1 is 0.778 bits per heavy atom. The SMILES string of the molecule is CC[C@H]1OC(=O)[C@H](C)[C@@H](O[C@H]2C[C@@](C)(OC)[C@@H](O)[C@H](C)O2)[C@H](C)[C@@H](O[C@@H]2O[C@H](C)C[C@H](N(C)C)[C@H]2O)[C@](C)(O)C[C@@H](C)CN(C(=O)CCCCCCC[P+](c2ccccc2)(c2ccccc2)c2ccccc2)[C@H](C)[C@H]2OC(=O)O[C@@]21C. The van der Waals surface area contributed by atoms with E-state index in [2.05, 4.69) is 91.0 Å². The molecule has 4 heterocycles. The Kier molecular flexibility index (Phi) is 22.1. The summed E-state index contributed by atoms with van der Waals surface area (Å²) in [6.07, 6.45) is -3.99. The van der Waals surface area contributed by atoms with Crippen molar-refractivity contribution < 1.29 is 67.6 Å². The summed E-state index contributed by atoms with van der Waals surface area (Å²) >= 11 is 0. The molecule has 0 spiro atoms. The van der Waals surface area contributed by atoms with Crippen molar-refractivity contribution in [2.45, 2.75) is 224 Å². The molecule has 0 bridgehead atoms. The number of ether oxygens (including phenoxy) is 8. The molecule has 18 atom stereocenters. The van der Waals surface area contributed by atoms with Crippen molar-refractivity contribution in [1.82, 2.24) is 9.80 Å². The van der Waals surface area contributed by atoms with E-state index >= 15 is 0 Å². The molecule has 0 unspecified atom stereocenters. The van der Waals surface area contributed by atoms with Gasteiger partial charge in [0.05, 0.1) is 53.7 Å². The van der Waals surface area contributed by atoms with Crippen molar-refractivity contribution in [3.05, 3.63) is 91.0 Å². The number of nitrogens with zero attached hydrogens (tertiary/aromatic N) is 2. The van der Waals surface area contributed by atoms with Crippen LogP contribution in [0, 0.1) is 17.8 Å². The summed E-state index contributed by atoms with van der Waals surface area (Å²) in [5, 5.41) is 40.3. The molecule has 450 valence electrons. The average molecular weight is 1150 g/mol. The monoisotopic (exact) mass is 1150 g/mol. The molecule has 7 rings (SSSR count). The topological polar surface area (TPSA) is 192 Å². The van der Waals surface area contributed by atoms with Gasteiger partial charge in [0.25, 0.3) is 0 Å². The summed E-state index contributed by atoms with van der Waals surface area (Å²) in [6.45, 7) is 18.0. The molecule has 3 aromatic carbocycles. The number of carbonyl (C=O) groups excluding carboxylic acids is 3. The number of aliphatic hydroxyl groups is 3. The molecule has 0 radical (unpaired) electrons. The highest BCUT2D eigenvalue weighted by Gasteiger charge is 2.59. The molecule has 4 aliphatic heterocycles. The maximum atomic E-state index is 15.0. The Labute approximate surface area is 483 Å². The van der Waals surface area contributed by atoms with Crippen LogP contribution in [0.25, 0.3) is 0 Å². The van der Waals surface area contributed by atoms with Gasteiger partial charge < -0.3 is 63.0 Å². The first-order valence-corrected chi connectivity index (χ1v) is 31.7. The number of methoxy groups -OCH3 is 1. The molecule has 0 saturated carbocycles. The predicted molar refractivity (Wildman–Crippen MR) is 314 cm³/mol. The lowest BCUT2D eigenvalue weighted by Gasteiger charge is -2.48. The first kappa shape index (κ1) is 64.5. The molecular formula is C64H96N2O14P+. The number of unbranched alkanes of at least 4 members (excludes halogenated alkanes) is 4. The van der Waals surface area contributed by atoms with Gasteiger partial charge in [-0.25, -0.2) is 4.79 Å². The van der Waals surface area contributed by atoms with E-state index in [4.69, 9.17) is 37.9 Å². The van der Waals surface area contributed by atoms with Crippen LogP contribution >= 0.6 is 7.26 Å². The van der Waals surface area contributed by atoms with Gasteiger partial charge in [0.2, 0.25) is 5.91 Å². The number of likely N-dealkylation sites (N-methyl/N-ethyl adjacent to an activating group) is 1. The lowest BCUT2D eigenvalue weighted by atomic mass is 9.77. The third-order valence-corrected chi connectivity index (χ3v) is 22.7. The highest BCUT2D eigenvalue weighted by molar-refractivity contribution is 7.95. The van der Waals surface area contributed by atoms with E-state index < -0.39 is 115 Å². The van der Waals surface area contributed by atoms with E-state index in [0.717, 1.165) is 31.8 Å². The van der Waals surface area contributed by atoms with Crippen LogP contribution in [0.3, 0.4) is 0 Å². The fraction of sp³-hybridized carbons (Fsp3) is 0.672. The molecule has 3 aromatic rings. The van der Waals surface area contributed by atoms with Gasteiger partial charge in [0.1, 0.15) is 41.5 Å². The predicted octanol–water partition coefficient (Wildman–Crippen LogP) is 8.31. The molecule has 0 aromatic heterocycles. The second-order valence-electron chi connectivity index (χ2n) is 24.7. The van der Waals surface area contributed by atoms with Crippen molar-refractivity contribution in [3.8, 4) is 0 Å². The van der Waals surface area contributed by atoms with E-state index in [1.165, 1.54) is 23.0 Å². The lowest BCUT2D eigenvalue weighted by molar-refractivity contribution is -0.318. The van der Waals surface area contributed by atoms with Crippen LogP contribution in [0.15, 0.2) is 91.0 Å². The zero-order valence-electron chi connectivity index (χ0n) is 50.5. The van der Waals surface area contributed by atoms with E-state index in [9.17, 15) is 29.7 Å². The number of benzene rings is 3. The lowest BCUT2D eigenvalue weighted by Crippen LogP contribution is -2.60. The number of hydrogen-bond donors (Lipinski definition) is 3. The molecule has 4 saturated heterocycles. The number of carbonyl (C=O) groups is 3. The van der Waals surface area contributed by atoms with Crippen LogP contribution in [0.1, 0.15) is 133 Å². The standard InChI is InChI=1S/C64H96N2O14P/c1-14-51-64(10)58(79-61(71)80-64)45(6)66(52(67)35-27-16-15-17-28-36-81(47-29-21-18-22-30-47,48-31-23-19-24-32-48)49-33-25-20-26-34-49)40-41(2)38-62(8,72)57(78-60-54(68)50(65(11)12)37-42(3)74-60)43(4)55(44(5)59(70)76-51)77-53-39-63(9,73-13)56(69)46(7)75-53/h18-26,29-34,41-46,50-51,53-58,60,68-69,72H,14-17,27-28,35-40H2,1-13H3/q+1/t41-,42-,43+,44-,45-,46+,50+,51-,53+,54-,55+,56+,57-,58-,60+,62-,63-,64-/m1/s1. The summed E-state index contributed by atoms with van der Waals surface area (Å²) in [7, 11) is 3.30. The van der Waals surface area contributed by atoms with Gasteiger partial charge in [0, 0.05) is 38.5 Å². The fourth-order valence-electron chi connectivity index (χ4n) is 13.6. The number of rotatable bonds is 18. The molecule has 4 fully saturated rings. The van der Waals surface area contributed by atoms with Crippen molar-refractivity contribution in [2.24, 2.45) is 17.8 Å². The van der Waals surface area contributed by atoms with Crippen molar-refractivity contribution in [3.63, 3.8) is 0 Å². The van der Waals surface area contributed by atoms with Gasteiger partial charge in [0.15, 0.2) is 24.3 Å². The zero-order valence-corrected chi connectivity index (χ0v) is 51.4. The molecule has 16 nitrogen and oxygen atoms in total. The number of fused-ring (bicyclic) bond motifs is 1. The van der Waals surface area contributed by atoms with Gasteiger partial charge >= 0.3 is 12.1 Å². The first-order valence-electron chi connectivity index (χ1n) is 29.8. The summed E-state index contributed by atoms with van der Waals surface area (Å²) in [5.74, 6) is -3.14. The van der Waals surface area contributed by atoms with Gasteiger partial charge in [-0.2, -0.15) is 0 Å². The third kappa shape index (κ3) is 14.5. The summed E-state index contributed by atoms with van der Waals surface area (Å²) in [4.78, 5) is 47.0. The number of amides is 1. The van der Waals surface area contributed by atoms with Crippen molar-refractivity contribution in [1.29, 1.82) is 0 Å². The second kappa shape index (κ2) is 27.8. The number of esters is 1. The number of aliphatic hydroxyl groups excluding tert-OH is 2. The largest absolute Gasteiger partial charge is 0.509 e. The fourth-order valence-corrected chi connectivity index (χ4v) is 18.0. The summed E-state index contributed by atoms with van der Waals surface area (Å²) in [5.41, 5.74) is -4.32. The van der Waals surface area contributed by atoms with Gasteiger partial charge in [-0.1, -0.05) is 88.2 Å². The van der Waals surface area contributed by atoms with Crippen LogP contribution in [-0.4, -0.2) is 167 Å². The van der Waals surface area contributed by atoms with E-state index in [1.807, 2.05) is 53.6 Å². The maximum absolute atomic E-state index is 15.0.